The zero-order valence-corrected chi connectivity index (χ0v) is 6.37. The number of aromatic nitrogens is 1. The Bertz CT molecular complexity index is 306. The molecule has 0 saturated heterocycles. The largest absolute Gasteiger partial charge is 0.434 e. The van der Waals surface area contributed by atoms with Gasteiger partial charge in [0.1, 0.15) is 0 Å². The molecule has 0 aliphatic rings. The molecule has 0 bridgehead atoms. The van der Waals surface area contributed by atoms with Crippen LogP contribution in [-0.4, -0.2) is 10.9 Å². The monoisotopic (exact) mass is 196 g/mol. The van der Waals surface area contributed by atoms with Crippen LogP contribution in [-0.2, 0) is 6.18 Å². The minimum Gasteiger partial charge on any atom is -0.364 e. The third kappa shape index (κ3) is 1.73. The number of amides is 1. The van der Waals surface area contributed by atoms with E-state index in [0.29, 0.717) is 11.3 Å². The van der Waals surface area contributed by atoms with Gasteiger partial charge in [-0.2, -0.15) is 13.2 Å². The number of nitrogens with two attached hydrogens (primary N) is 1. The molecule has 1 rings (SSSR count). The molecular formula is C5H3F3N2OS. The van der Waals surface area contributed by atoms with E-state index in [-0.39, 0.29) is 5.01 Å². The van der Waals surface area contributed by atoms with Crippen molar-refractivity contribution in [1.82, 2.24) is 4.98 Å². The average Bonchev–Trinajstić information content (AvgIpc) is 2.30. The predicted molar refractivity (Wildman–Crippen MR) is 35.6 cm³/mol. The van der Waals surface area contributed by atoms with E-state index in [9.17, 15) is 18.0 Å². The molecule has 0 aromatic carbocycles. The number of rotatable bonds is 1. The van der Waals surface area contributed by atoms with Crippen LogP contribution in [0.15, 0.2) is 5.38 Å². The third-order valence-electron chi connectivity index (χ3n) is 1.01. The highest BCUT2D eigenvalue weighted by molar-refractivity contribution is 7.11. The topological polar surface area (TPSA) is 56.0 Å². The van der Waals surface area contributed by atoms with Gasteiger partial charge in [0.25, 0.3) is 5.91 Å². The number of thiazole rings is 1. The summed E-state index contributed by atoms with van der Waals surface area (Å²) >= 11 is 0.579. The molecule has 7 heteroatoms. The molecule has 1 aromatic rings. The number of alkyl halides is 3. The van der Waals surface area contributed by atoms with Crippen LogP contribution in [0.3, 0.4) is 0 Å². The molecule has 0 aliphatic heterocycles. The van der Waals surface area contributed by atoms with Gasteiger partial charge in [0, 0.05) is 5.38 Å². The van der Waals surface area contributed by atoms with Crippen LogP contribution < -0.4 is 5.73 Å². The molecule has 0 saturated carbocycles. The molecule has 0 unspecified atom stereocenters. The standard InChI is InChI=1S/C5H3F3N2OS/c6-5(7,8)2-1-12-4(10-2)3(9)11/h1H,(H2,9,11). The van der Waals surface area contributed by atoms with Gasteiger partial charge in [-0.3, -0.25) is 4.79 Å². The molecule has 0 aliphatic carbocycles. The quantitative estimate of drug-likeness (QED) is 0.735. The van der Waals surface area contributed by atoms with E-state index < -0.39 is 17.8 Å². The normalized spacial score (nSPS) is 11.6. The molecule has 0 radical (unpaired) electrons. The Kier molecular flexibility index (Phi) is 2.05. The number of carbonyl (C=O) groups is 1. The van der Waals surface area contributed by atoms with Crippen LogP contribution in [0.25, 0.3) is 0 Å². The highest BCUT2D eigenvalue weighted by Crippen LogP contribution is 2.29. The van der Waals surface area contributed by atoms with Crippen LogP contribution in [0.2, 0.25) is 0 Å². The van der Waals surface area contributed by atoms with Gasteiger partial charge in [-0.15, -0.1) is 11.3 Å². The van der Waals surface area contributed by atoms with Gasteiger partial charge in [-0.25, -0.2) is 4.98 Å². The lowest BCUT2D eigenvalue weighted by Gasteiger charge is -1.98. The summed E-state index contributed by atoms with van der Waals surface area (Å²) in [6, 6.07) is 0. The van der Waals surface area contributed by atoms with E-state index >= 15 is 0 Å². The Balaban J connectivity index is 3.00. The lowest BCUT2D eigenvalue weighted by atomic mass is 10.5. The molecule has 1 heterocycles. The second-order valence-corrected chi connectivity index (χ2v) is 2.76. The van der Waals surface area contributed by atoms with E-state index in [0.717, 1.165) is 5.38 Å². The van der Waals surface area contributed by atoms with E-state index in [1.165, 1.54) is 0 Å². The number of halogens is 3. The van der Waals surface area contributed by atoms with E-state index in [1.807, 2.05) is 0 Å². The highest BCUT2D eigenvalue weighted by atomic mass is 32.1. The first-order valence-corrected chi connectivity index (χ1v) is 3.62. The smallest absolute Gasteiger partial charge is 0.364 e. The SMILES string of the molecule is NC(=O)c1nc(C(F)(F)F)cs1. The van der Waals surface area contributed by atoms with E-state index in [4.69, 9.17) is 5.73 Å². The lowest BCUT2D eigenvalue weighted by molar-refractivity contribution is -0.140. The van der Waals surface area contributed by atoms with Crippen molar-refractivity contribution in [1.29, 1.82) is 0 Å². The van der Waals surface area contributed by atoms with Crippen LogP contribution >= 0.6 is 11.3 Å². The maximum absolute atomic E-state index is 11.9. The minimum atomic E-state index is -4.51. The molecular weight excluding hydrogens is 193 g/mol. The fraction of sp³-hybridized carbons (Fsp3) is 0.200. The molecule has 0 fully saturated rings. The van der Waals surface area contributed by atoms with E-state index in [1.54, 1.807) is 0 Å². The number of carbonyl (C=O) groups excluding carboxylic acids is 1. The van der Waals surface area contributed by atoms with Gasteiger partial charge < -0.3 is 5.73 Å². The molecule has 3 nitrogen and oxygen atoms in total. The summed E-state index contributed by atoms with van der Waals surface area (Å²) in [5.41, 5.74) is 3.63. The van der Waals surface area contributed by atoms with Crippen molar-refractivity contribution < 1.29 is 18.0 Å². The Labute approximate surface area is 69.0 Å². The summed E-state index contributed by atoms with van der Waals surface area (Å²) in [6.45, 7) is 0. The third-order valence-corrected chi connectivity index (χ3v) is 1.86. The fourth-order valence-electron chi connectivity index (χ4n) is 0.517. The van der Waals surface area contributed by atoms with Gasteiger partial charge in [-0.1, -0.05) is 0 Å². The molecule has 12 heavy (non-hydrogen) atoms. The van der Waals surface area contributed by atoms with Crippen molar-refractivity contribution in [2.24, 2.45) is 5.73 Å². The molecule has 0 atom stereocenters. The Morgan fingerprint density at radius 3 is 2.42 bits per heavy atom. The second-order valence-electron chi connectivity index (χ2n) is 1.90. The van der Waals surface area contributed by atoms with Gasteiger partial charge in [0.15, 0.2) is 10.7 Å². The van der Waals surface area contributed by atoms with Gasteiger partial charge >= 0.3 is 6.18 Å². The van der Waals surface area contributed by atoms with Gasteiger partial charge in [0.2, 0.25) is 0 Å². The molecule has 66 valence electrons. The zero-order valence-electron chi connectivity index (χ0n) is 5.55. The van der Waals surface area contributed by atoms with Crippen molar-refractivity contribution in [2.45, 2.75) is 6.18 Å². The van der Waals surface area contributed by atoms with Crippen molar-refractivity contribution in [3.8, 4) is 0 Å². The second kappa shape index (κ2) is 2.74. The van der Waals surface area contributed by atoms with E-state index in [2.05, 4.69) is 4.98 Å². The van der Waals surface area contributed by atoms with Crippen molar-refractivity contribution in [3.05, 3.63) is 16.1 Å². The first-order chi connectivity index (χ1) is 5.41. The molecule has 0 spiro atoms. The number of hydrogen-bond acceptors (Lipinski definition) is 3. The summed E-state index contributed by atoms with van der Waals surface area (Å²) in [7, 11) is 0. The average molecular weight is 196 g/mol. The van der Waals surface area contributed by atoms with Crippen LogP contribution in [0.1, 0.15) is 15.5 Å². The lowest BCUT2D eigenvalue weighted by Crippen LogP contribution is -2.12. The maximum atomic E-state index is 11.9. The Morgan fingerprint density at radius 1 is 1.58 bits per heavy atom. The molecule has 1 aromatic heterocycles. The number of primary amides is 1. The maximum Gasteiger partial charge on any atom is 0.434 e. The summed E-state index contributed by atoms with van der Waals surface area (Å²) in [6.07, 6.45) is -4.51. The predicted octanol–water partition coefficient (Wildman–Crippen LogP) is 1.26. The molecule has 1 amide bonds. The summed E-state index contributed by atoms with van der Waals surface area (Å²) in [5, 5.41) is 0.419. The van der Waals surface area contributed by atoms with Crippen molar-refractivity contribution in [2.75, 3.05) is 0 Å². The minimum absolute atomic E-state index is 0.331. The van der Waals surface area contributed by atoms with Gasteiger partial charge in [-0.05, 0) is 0 Å². The zero-order chi connectivity index (χ0) is 9.35. The van der Waals surface area contributed by atoms with Gasteiger partial charge in [0.05, 0.1) is 0 Å². The van der Waals surface area contributed by atoms with Crippen molar-refractivity contribution >= 4 is 17.2 Å². The number of hydrogen-bond donors (Lipinski definition) is 1. The summed E-state index contributed by atoms with van der Waals surface area (Å²) < 4.78 is 35.6. The summed E-state index contributed by atoms with van der Waals surface area (Å²) in [5.74, 6) is -0.949. The van der Waals surface area contributed by atoms with Crippen LogP contribution in [0.5, 0.6) is 0 Å². The summed E-state index contributed by atoms with van der Waals surface area (Å²) in [4.78, 5) is 13.3. The Hall–Kier alpha value is -1.11. The first-order valence-electron chi connectivity index (χ1n) is 2.74. The number of nitrogens with zero attached hydrogens (tertiary/aromatic N) is 1. The highest BCUT2D eigenvalue weighted by Gasteiger charge is 2.34. The Morgan fingerprint density at radius 2 is 2.17 bits per heavy atom. The fourth-order valence-corrected chi connectivity index (χ4v) is 1.19. The van der Waals surface area contributed by atoms with Crippen molar-refractivity contribution in [3.63, 3.8) is 0 Å². The van der Waals surface area contributed by atoms with Crippen LogP contribution in [0, 0.1) is 0 Å². The molecule has 2 N–H and O–H groups in total. The first kappa shape index (κ1) is 8.98. The van der Waals surface area contributed by atoms with Crippen LogP contribution in [0.4, 0.5) is 13.2 Å².